The second kappa shape index (κ2) is 9.32. The zero-order chi connectivity index (χ0) is 23.7. The average molecular weight is 470 g/mol. The summed E-state index contributed by atoms with van der Waals surface area (Å²) in [6, 6.07) is 8.31. The Labute approximate surface area is 204 Å². The molecule has 34 heavy (non-hydrogen) atoms. The van der Waals surface area contributed by atoms with Crippen molar-refractivity contribution in [2.75, 3.05) is 6.54 Å². The number of nitrogens with zero attached hydrogens (tertiary/aromatic N) is 4. The number of rotatable bonds is 6. The van der Waals surface area contributed by atoms with Gasteiger partial charge in [0.15, 0.2) is 5.82 Å². The van der Waals surface area contributed by atoms with Crippen LogP contribution in [-0.2, 0) is 0 Å². The van der Waals surface area contributed by atoms with E-state index in [0.717, 1.165) is 69.3 Å². The Morgan fingerprint density at radius 3 is 2.74 bits per heavy atom. The van der Waals surface area contributed by atoms with Crippen LogP contribution in [0.3, 0.4) is 0 Å². The molecule has 0 aromatic carbocycles. The molecule has 1 saturated carbocycles. The highest BCUT2D eigenvalue weighted by Crippen LogP contribution is 2.42. The molecule has 7 nitrogen and oxygen atoms in total. The largest absolute Gasteiger partial charge is 0.359 e. The van der Waals surface area contributed by atoms with Crippen molar-refractivity contribution in [1.29, 1.82) is 0 Å². The lowest BCUT2D eigenvalue weighted by Crippen LogP contribution is -2.21. The number of pyridine rings is 1. The number of hydrogen-bond donors (Lipinski definition) is 4. The van der Waals surface area contributed by atoms with E-state index in [4.69, 9.17) is 9.97 Å². The van der Waals surface area contributed by atoms with Gasteiger partial charge in [-0.05, 0) is 43.5 Å². The van der Waals surface area contributed by atoms with Crippen LogP contribution in [0.1, 0.15) is 47.8 Å². The number of aromatic nitrogens is 5. The normalized spacial score (nSPS) is 14.9. The predicted octanol–water partition coefficient (Wildman–Crippen LogP) is 5.27. The van der Waals surface area contributed by atoms with E-state index in [0.29, 0.717) is 5.92 Å². The Morgan fingerprint density at radius 1 is 1.12 bits per heavy atom. The molecule has 6 rings (SSSR count). The third-order valence-corrected chi connectivity index (χ3v) is 6.25. The van der Waals surface area contributed by atoms with Crippen molar-refractivity contribution in [3.8, 4) is 11.4 Å². The molecule has 0 saturated heterocycles. The number of H-pyrrole nitrogens is 2. The summed E-state index contributed by atoms with van der Waals surface area (Å²) < 4.78 is 0. The minimum atomic E-state index is 0.515. The highest BCUT2D eigenvalue weighted by atomic mass is 32.1. The lowest BCUT2D eigenvalue weighted by molar-refractivity contribution is 0.535. The van der Waals surface area contributed by atoms with E-state index in [-0.39, 0.29) is 0 Å². The predicted molar refractivity (Wildman–Crippen MR) is 141 cm³/mol. The molecule has 172 valence electrons. The van der Waals surface area contributed by atoms with Crippen LogP contribution < -0.4 is 5.14 Å². The Bertz CT molecular complexity index is 1390. The summed E-state index contributed by atoms with van der Waals surface area (Å²) in [5.74, 6) is 1.26. The molecule has 0 radical (unpaired) electrons. The van der Waals surface area contributed by atoms with E-state index in [1.54, 1.807) is 0 Å². The third kappa shape index (κ3) is 3.95. The van der Waals surface area contributed by atoms with Crippen molar-refractivity contribution in [2.45, 2.75) is 25.2 Å². The molecule has 0 unspecified atom stereocenters. The van der Waals surface area contributed by atoms with Gasteiger partial charge in [0.05, 0.1) is 17.1 Å². The molecule has 4 aromatic heterocycles. The maximum atomic E-state index is 5.07. The molecule has 1 fully saturated rings. The first-order valence-electron chi connectivity index (χ1n) is 11.3. The lowest BCUT2D eigenvalue weighted by atomic mass is 9.97. The van der Waals surface area contributed by atoms with Gasteiger partial charge in [-0.15, -0.1) is 19.4 Å². The Balaban J connectivity index is 0.00000117. The van der Waals surface area contributed by atoms with Gasteiger partial charge in [-0.3, -0.25) is 5.14 Å². The van der Waals surface area contributed by atoms with Crippen LogP contribution in [0, 0.1) is 0 Å². The van der Waals surface area contributed by atoms with Gasteiger partial charge in [0.1, 0.15) is 5.65 Å². The van der Waals surface area contributed by atoms with E-state index in [1.807, 2.05) is 36.8 Å². The van der Waals surface area contributed by atoms with Crippen molar-refractivity contribution < 1.29 is 0 Å². The quantitative estimate of drug-likeness (QED) is 0.228. The third-order valence-electron chi connectivity index (χ3n) is 6.25. The maximum absolute atomic E-state index is 5.07. The van der Waals surface area contributed by atoms with E-state index < -0.39 is 0 Å². The standard InChI is InChI=1S/C26H24N6.H3NS/c1-3-4-13-32-15-21(18-7-10-27-24(18)16(32)2)23-14-22(17-5-6-17)30-26(31-23)20-9-12-29-25-19(20)8-11-28-25;1-2/h3,7-12,14-15,17,27H,1-2,4-6,13H2,(H,28,29);2H,1H2. The van der Waals surface area contributed by atoms with Crippen LogP contribution in [0.4, 0.5) is 0 Å². The fourth-order valence-corrected chi connectivity index (χ4v) is 4.38. The van der Waals surface area contributed by atoms with Crippen molar-refractivity contribution >= 4 is 35.1 Å². The van der Waals surface area contributed by atoms with Crippen LogP contribution in [-0.4, -0.2) is 36.4 Å². The van der Waals surface area contributed by atoms with Crippen LogP contribution in [0.15, 0.2) is 68.3 Å². The summed E-state index contributed by atoms with van der Waals surface area (Å²) in [6.45, 7) is 9.01. The maximum Gasteiger partial charge on any atom is 0.160 e. The smallest absolute Gasteiger partial charge is 0.160 e. The van der Waals surface area contributed by atoms with Gasteiger partial charge in [0, 0.05) is 65.0 Å². The Hall–Kier alpha value is -3.62. The minimum absolute atomic E-state index is 0.515. The molecule has 4 aromatic rings. The molecule has 8 heteroatoms. The zero-order valence-electron chi connectivity index (χ0n) is 18.8. The molecular weight excluding hydrogens is 442 g/mol. The number of aromatic amines is 2. The van der Waals surface area contributed by atoms with Crippen LogP contribution in [0.25, 0.3) is 33.7 Å². The topological polar surface area (TPSA) is 99.5 Å². The molecule has 0 amide bonds. The molecule has 0 atom stereocenters. The average Bonchev–Trinajstić information content (AvgIpc) is 3.40. The molecular formula is C26H27N7S. The van der Waals surface area contributed by atoms with Crippen molar-refractivity contribution in [3.63, 3.8) is 0 Å². The summed E-state index contributed by atoms with van der Waals surface area (Å²) in [7, 11) is 0. The SMILES string of the molecule is C=CCCN1C=C(c2cc(C3CC3)nc(-c3ccnc4[nH]ccc34)n2)c2cc[nH]c2C1=C.NS. The molecule has 1 aliphatic carbocycles. The molecule has 2 aliphatic rings. The highest BCUT2D eigenvalue weighted by Gasteiger charge is 2.29. The fraction of sp³-hybridized carbons (Fsp3) is 0.192. The van der Waals surface area contributed by atoms with Crippen molar-refractivity contribution in [3.05, 3.63) is 90.9 Å². The number of nitrogens with one attached hydrogen (secondary N) is 2. The number of nitrogens with two attached hydrogens (primary N) is 1. The summed E-state index contributed by atoms with van der Waals surface area (Å²) in [5.41, 5.74) is 8.12. The summed E-state index contributed by atoms with van der Waals surface area (Å²) in [4.78, 5) is 23.2. The number of hydrogen-bond acceptors (Lipinski definition) is 6. The Kier molecular flexibility index (Phi) is 6.08. The van der Waals surface area contributed by atoms with E-state index in [9.17, 15) is 0 Å². The second-order valence-corrected chi connectivity index (χ2v) is 8.40. The van der Waals surface area contributed by atoms with Gasteiger partial charge in [0.2, 0.25) is 0 Å². The second-order valence-electron chi connectivity index (χ2n) is 8.40. The molecule has 1 aliphatic heterocycles. The first-order valence-corrected chi connectivity index (χ1v) is 11.8. The van der Waals surface area contributed by atoms with E-state index in [1.165, 1.54) is 12.8 Å². The molecule has 5 heterocycles. The highest BCUT2D eigenvalue weighted by molar-refractivity contribution is 7.77. The zero-order valence-corrected chi connectivity index (χ0v) is 19.7. The molecule has 0 bridgehead atoms. The fourth-order valence-electron chi connectivity index (χ4n) is 4.38. The summed E-state index contributed by atoms with van der Waals surface area (Å²) in [5, 5.41) is 5.23. The van der Waals surface area contributed by atoms with E-state index >= 15 is 0 Å². The van der Waals surface area contributed by atoms with Gasteiger partial charge < -0.3 is 14.9 Å². The van der Waals surface area contributed by atoms with Crippen molar-refractivity contribution in [2.24, 2.45) is 5.14 Å². The van der Waals surface area contributed by atoms with Crippen LogP contribution in [0.2, 0.25) is 0 Å². The van der Waals surface area contributed by atoms with Gasteiger partial charge in [-0.1, -0.05) is 12.7 Å². The van der Waals surface area contributed by atoms with Crippen molar-refractivity contribution in [1.82, 2.24) is 29.8 Å². The first kappa shape index (κ1) is 22.2. The lowest BCUT2D eigenvalue weighted by Gasteiger charge is -2.29. The summed E-state index contributed by atoms with van der Waals surface area (Å²) in [6.07, 6.45) is 13.0. The number of fused-ring (bicyclic) bond motifs is 2. The van der Waals surface area contributed by atoms with Gasteiger partial charge in [-0.2, -0.15) is 0 Å². The molecule has 4 N–H and O–H groups in total. The molecule has 0 spiro atoms. The van der Waals surface area contributed by atoms with Gasteiger partial charge in [0.25, 0.3) is 0 Å². The van der Waals surface area contributed by atoms with E-state index in [2.05, 4.69) is 69.3 Å². The first-order chi connectivity index (χ1) is 16.7. The van der Waals surface area contributed by atoms with Gasteiger partial charge in [-0.25, -0.2) is 15.0 Å². The van der Waals surface area contributed by atoms with Crippen LogP contribution >= 0.6 is 12.8 Å². The Morgan fingerprint density at radius 2 is 1.94 bits per heavy atom. The van der Waals surface area contributed by atoms with Crippen LogP contribution in [0.5, 0.6) is 0 Å². The minimum Gasteiger partial charge on any atom is -0.359 e. The number of thiol groups is 1. The van der Waals surface area contributed by atoms with Gasteiger partial charge >= 0.3 is 0 Å². The monoisotopic (exact) mass is 469 g/mol. The summed E-state index contributed by atoms with van der Waals surface area (Å²) >= 11 is 3.03.